The second kappa shape index (κ2) is 5.38. The molecule has 0 aliphatic heterocycles. The first-order valence-corrected chi connectivity index (χ1v) is 7.50. The Kier molecular flexibility index (Phi) is 4.04. The summed E-state index contributed by atoms with van der Waals surface area (Å²) in [6, 6.07) is 2.40. The van der Waals surface area contributed by atoms with E-state index in [4.69, 9.17) is 0 Å². The summed E-state index contributed by atoms with van der Waals surface area (Å²) in [6.07, 6.45) is 4.17. The first-order valence-electron chi connectivity index (χ1n) is 6.62. The molecule has 1 aromatic rings. The van der Waals surface area contributed by atoms with E-state index in [0.29, 0.717) is 11.6 Å². The third kappa shape index (κ3) is 2.43. The molecule has 1 heterocycles. The summed E-state index contributed by atoms with van der Waals surface area (Å²) in [7, 11) is 0. The summed E-state index contributed by atoms with van der Waals surface area (Å²) in [6.45, 7) is 4.09. The molecule has 1 N–H and O–H groups in total. The van der Waals surface area contributed by atoms with Crippen LogP contribution in [-0.4, -0.2) is 10.1 Å². The molecule has 1 saturated carbocycles. The van der Waals surface area contributed by atoms with Crippen LogP contribution >= 0.6 is 11.3 Å². The highest BCUT2D eigenvalue weighted by molar-refractivity contribution is 7.09. The Bertz CT molecular complexity index is 451. The quantitative estimate of drug-likeness (QED) is 0.907. The van der Waals surface area contributed by atoms with Crippen molar-refractivity contribution in [2.24, 2.45) is 11.3 Å². The van der Waals surface area contributed by atoms with Gasteiger partial charge in [-0.05, 0) is 25.7 Å². The van der Waals surface area contributed by atoms with E-state index in [-0.39, 0.29) is 0 Å². The van der Waals surface area contributed by atoms with Crippen molar-refractivity contribution in [3.05, 3.63) is 16.1 Å². The predicted molar refractivity (Wildman–Crippen MR) is 72.1 cm³/mol. The Labute approximate surface area is 112 Å². The minimum absolute atomic E-state index is 0.563. The summed E-state index contributed by atoms with van der Waals surface area (Å²) in [5.74, 6) is 0.563. The van der Waals surface area contributed by atoms with E-state index in [1.807, 2.05) is 12.3 Å². The molecule has 0 radical (unpaired) electrons. The molecule has 2 rings (SSSR count). The maximum Gasteiger partial charge on any atom is 0.115 e. The van der Waals surface area contributed by atoms with Gasteiger partial charge in [-0.25, -0.2) is 4.98 Å². The standard InChI is InChI=1S/C14H20N2OS/c1-3-11-5-4-6-14(7-11,9-15)13(17)12-8-18-10(2)16-12/h8,11,13,17H,3-7H2,1-2H3. The van der Waals surface area contributed by atoms with Crippen molar-refractivity contribution in [1.29, 1.82) is 5.26 Å². The van der Waals surface area contributed by atoms with Crippen molar-refractivity contribution in [2.45, 2.75) is 52.1 Å². The van der Waals surface area contributed by atoms with Gasteiger partial charge in [0, 0.05) is 5.38 Å². The third-order valence-electron chi connectivity index (χ3n) is 4.13. The van der Waals surface area contributed by atoms with Crippen molar-refractivity contribution in [2.75, 3.05) is 0 Å². The average Bonchev–Trinajstić information content (AvgIpc) is 2.84. The first kappa shape index (κ1) is 13.5. The summed E-state index contributed by atoms with van der Waals surface area (Å²) >= 11 is 1.53. The van der Waals surface area contributed by atoms with Gasteiger partial charge in [0.05, 0.1) is 22.2 Å². The molecule has 18 heavy (non-hydrogen) atoms. The van der Waals surface area contributed by atoms with Crippen molar-refractivity contribution in [3.63, 3.8) is 0 Å². The van der Waals surface area contributed by atoms with Gasteiger partial charge in [-0.15, -0.1) is 11.3 Å². The predicted octanol–water partition coefficient (Wildman–Crippen LogP) is 3.60. The van der Waals surface area contributed by atoms with Crippen LogP contribution in [0.1, 0.15) is 55.8 Å². The van der Waals surface area contributed by atoms with Gasteiger partial charge in [-0.1, -0.05) is 26.2 Å². The number of aliphatic hydroxyl groups excluding tert-OH is 1. The van der Waals surface area contributed by atoms with Crippen molar-refractivity contribution >= 4 is 11.3 Å². The molecule has 0 amide bonds. The van der Waals surface area contributed by atoms with Gasteiger partial charge in [-0.2, -0.15) is 5.26 Å². The van der Waals surface area contributed by atoms with E-state index in [1.165, 1.54) is 17.8 Å². The number of rotatable bonds is 3. The second-order valence-electron chi connectivity index (χ2n) is 5.33. The lowest BCUT2D eigenvalue weighted by Gasteiger charge is -2.38. The van der Waals surface area contributed by atoms with E-state index in [2.05, 4.69) is 18.0 Å². The molecule has 4 heteroatoms. The Morgan fingerprint density at radius 1 is 1.72 bits per heavy atom. The Hall–Kier alpha value is -0.920. The second-order valence-corrected chi connectivity index (χ2v) is 6.39. The number of hydrogen-bond donors (Lipinski definition) is 1. The van der Waals surface area contributed by atoms with Gasteiger partial charge in [0.2, 0.25) is 0 Å². The summed E-state index contributed by atoms with van der Waals surface area (Å²) in [4.78, 5) is 4.35. The molecule has 3 nitrogen and oxygen atoms in total. The van der Waals surface area contributed by atoms with Crippen LogP contribution in [0, 0.1) is 29.6 Å². The number of aromatic nitrogens is 1. The normalized spacial score (nSPS) is 29.8. The fourth-order valence-electron chi connectivity index (χ4n) is 2.97. The lowest BCUT2D eigenvalue weighted by atomic mass is 9.66. The molecule has 0 bridgehead atoms. The summed E-state index contributed by atoms with van der Waals surface area (Å²) < 4.78 is 0. The monoisotopic (exact) mass is 264 g/mol. The van der Waals surface area contributed by atoms with E-state index < -0.39 is 11.5 Å². The first-order chi connectivity index (χ1) is 8.61. The zero-order valence-corrected chi connectivity index (χ0v) is 11.8. The highest BCUT2D eigenvalue weighted by Crippen LogP contribution is 2.48. The number of aryl methyl sites for hydroxylation is 1. The molecule has 98 valence electrons. The molecule has 1 aliphatic rings. The molecule has 1 aromatic heterocycles. The van der Waals surface area contributed by atoms with Gasteiger partial charge in [0.1, 0.15) is 6.10 Å². The van der Waals surface area contributed by atoms with Crippen molar-refractivity contribution in [3.8, 4) is 6.07 Å². The molecule has 0 aromatic carbocycles. The molecule has 0 saturated heterocycles. The number of nitrogens with zero attached hydrogens (tertiary/aromatic N) is 2. The van der Waals surface area contributed by atoms with Crippen LogP contribution in [0.15, 0.2) is 5.38 Å². The van der Waals surface area contributed by atoms with Crippen LogP contribution < -0.4 is 0 Å². The third-order valence-corrected chi connectivity index (χ3v) is 4.92. The molecular weight excluding hydrogens is 244 g/mol. The van der Waals surface area contributed by atoms with E-state index in [0.717, 1.165) is 30.7 Å². The van der Waals surface area contributed by atoms with Gasteiger partial charge in [0.15, 0.2) is 0 Å². The van der Waals surface area contributed by atoms with E-state index in [1.54, 1.807) is 0 Å². The SMILES string of the molecule is CCC1CCCC(C#N)(C(O)c2csc(C)n2)C1. The smallest absolute Gasteiger partial charge is 0.115 e. The molecular formula is C14H20N2OS. The largest absolute Gasteiger partial charge is 0.385 e. The molecule has 3 unspecified atom stereocenters. The molecule has 3 atom stereocenters. The minimum atomic E-state index is -0.734. The maximum absolute atomic E-state index is 10.5. The van der Waals surface area contributed by atoms with Gasteiger partial charge >= 0.3 is 0 Å². The topological polar surface area (TPSA) is 56.9 Å². The van der Waals surface area contributed by atoms with Gasteiger partial charge in [0.25, 0.3) is 0 Å². The van der Waals surface area contributed by atoms with Crippen molar-refractivity contribution < 1.29 is 5.11 Å². The minimum Gasteiger partial charge on any atom is -0.385 e. The molecule has 0 spiro atoms. The van der Waals surface area contributed by atoms with Crippen LogP contribution in [0.2, 0.25) is 0 Å². The fourth-order valence-corrected chi connectivity index (χ4v) is 3.60. The van der Waals surface area contributed by atoms with Crippen LogP contribution in [0.3, 0.4) is 0 Å². The van der Waals surface area contributed by atoms with E-state index in [9.17, 15) is 10.4 Å². The van der Waals surface area contributed by atoms with Crippen LogP contribution in [0.25, 0.3) is 0 Å². The number of aliphatic hydroxyl groups is 1. The van der Waals surface area contributed by atoms with Gasteiger partial charge < -0.3 is 5.11 Å². The average molecular weight is 264 g/mol. The molecule has 1 fully saturated rings. The van der Waals surface area contributed by atoms with Gasteiger partial charge in [-0.3, -0.25) is 0 Å². The zero-order chi connectivity index (χ0) is 13.2. The number of nitriles is 1. The molecule has 1 aliphatic carbocycles. The Morgan fingerprint density at radius 2 is 2.50 bits per heavy atom. The van der Waals surface area contributed by atoms with Crippen molar-refractivity contribution in [1.82, 2.24) is 4.98 Å². The Balaban J connectivity index is 2.24. The highest BCUT2D eigenvalue weighted by atomic mass is 32.1. The van der Waals surface area contributed by atoms with Crippen LogP contribution in [0.4, 0.5) is 0 Å². The highest BCUT2D eigenvalue weighted by Gasteiger charge is 2.43. The fraction of sp³-hybridized carbons (Fsp3) is 0.714. The van der Waals surface area contributed by atoms with Crippen LogP contribution in [0.5, 0.6) is 0 Å². The number of thiazole rings is 1. The summed E-state index contributed by atoms with van der Waals surface area (Å²) in [5, 5.41) is 22.9. The maximum atomic E-state index is 10.5. The lowest BCUT2D eigenvalue weighted by molar-refractivity contribution is 0.0160. The lowest BCUT2D eigenvalue weighted by Crippen LogP contribution is -2.33. The summed E-state index contributed by atoms with van der Waals surface area (Å²) in [5.41, 5.74) is 0.0511. The van der Waals surface area contributed by atoms with Crippen LogP contribution in [-0.2, 0) is 0 Å². The number of hydrogen-bond acceptors (Lipinski definition) is 4. The van der Waals surface area contributed by atoms with E-state index >= 15 is 0 Å². The zero-order valence-electron chi connectivity index (χ0n) is 11.0. The Morgan fingerprint density at radius 3 is 3.06 bits per heavy atom.